The number of amides is 1. The van der Waals surface area contributed by atoms with Crippen LogP contribution in [-0.4, -0.2) is 28.9 Å². The van der Waals surface area contributed by atoms with E-state index in [0.29, 0.717) is 0 Å². The van der Waals surface area contributed by atoms with Crippen molar-refractivity contribution in [2.45, 2.75) is 51.7 Å². The zero-order valence-electron chi connectivity index (χ0n) is 13.6. The molecule has 1 unspecified atom stereocenters. The van der Waals surface area contributed by atoms with Gasteiger partial charge in [0.15, 0.2) is 0 Å². The van der Waals surface area contributed by atoms with E-state index in [1.807, 2.05) is 13.8 Å². The van der Waals surface area contributed by atoms with Gasteiger partial charge in [0, 0.05) is 17.3 Å². The molecule has 2 heterocycles. The fraction of sp³-hybridized carbons (Fsp3) is 0.500. The Hall–Kier alpha value is -1.39. The molecule has 1 aromatic heterocycles. The number of carbonyl (C=O) groups excluding carboxylic acids is 1. The average molecular weight is 316 g/mol. The molecule has 1 aromatic carbocycles. The standard InChI is InChI=1S/C18H24N2OS/c1-13(2)19-17(21)18(3)9-6-10-20(18)11-14-12-22-16-8-5-4-7-15(14)16/h4-5,7-8,12-13H,6,9-11H2,1-3H3,(H,19,21). The minimum absolute atomic E-state index is 0.166. The first-order valence-electron chi connectivity index (χ1n) is 8.02. The van der Waals surface area contributed by atoms with E-state index >= 15 is 0 Å². The van der Waals surface area contributed by atoms with Gasteiger partial charge in [-0.2, -0.15) is 0 Å². The highest BCUT2D eigenvalue weighted by Crippen LogP contribution is 2.34. The van der Waals surface area contributed by atoms with Crippen molar-refractivity contribution in [2.24, 2.45) is 0 Å². The van der Waals surface area contributed by atoms with Crippen molar-refractivity contribution in [3.63, 3.8) is 0 Å². The Morgan fingerprint density at radius 1 is 1.41 bits per heavy atom. The van der Waals surface area contributed by atoms with E-state index in [2.05, 4.69) is 46.8 Å². The van der Waals surface area contributed by atoms with Gasteiger partial charge in [0.05, 0.1) is 5.54 Å². The molecule has 2 aromatic rings. The number of hydrogen-bond donors (Lipinski definition) is 1. The van der Waals surface area contributed by atoms with E-state index in [4.69, 9.17) is 0 Å². The minimum atomic E-state index is -0.382. The highest BCUT2D eigenvalue weighted by Gasteiger charge is 2.43. The molecule has 0 saturated carbocycles. The van der Waals surface area contributed by atoms with Crippen LogP contribution in [0.25, 0.3) is 10.1 Å². The molecule has 1 N–H and O–H groups in total. The van der Waals surface area contributed by atoms with Crippen LogP contribution in [0.3, 0.4) is 0 Å². The minimum Gasteiger partial charge on any atom is -0.352 e. The predicted octanol–water partition coefficient (Wildman–Crippen LogP) is 3.78. The second-order valence-electron chi connectivity index (χ2n) is 6.68. The van der Waals surface area contributed by atoms with Gasteiger partial charge in [0.25, 0.3) is 0 Å². The highest BCUT2D eigenvalue weighted by atomic mass is 32.1. The topological polar surface area (TPSA) is 32.3 Å². The average Bonchev–Trinajstić information content (AvgIpc) is 3.05. The molecule has 3 rings (SSSR count). The van der Waals surface area contributed by atoms with E-state index < -0.39 is 0 Å². The van der Waals surface area contributed by atoms with Gasteiger partial charge in [-0.05, 0) is 62.6 Å². The number of hydrogen-bond acceptors (Lipinski definition) is 3. The summed E-state index contributed by atoms with van der Waals surface area (Å²) in [6.45, 7) is 7.98. The zero-order valence-corrected chi connectivity index (χ0v) is 14.4. The van der Waals surface area contributed by atoms with Crippen molar-refractivity contribution in [1.29, 1.82) is 0 Å². The van der Waals surface area contributed by atoms with Gasteiger partial charge in [0.1, 0.15) is 0 Å². The maximum Gasteiger partial charge on any atom is 0.240 e. The molecule has 0 spiro atoms. The van der Waals surface area contributed by atoms with Crippen LogP contribution in [0.4, 0.5) is 0 Å². The number of likely N-dealkylation sites (tertiary alicyclic amines) is 1. The van der Waals surface area contributed by atoms with Crippen molar-refractivity contribution in [3.8, 4) is 0 Å². The number of carbonyl (C=O) groups is 1. The second kappa shape index (κ2) is 6.01. The maximum atomic E-state index is 12.6. The highest BCUT2D eigenvalue weighted by molar-refractivity contribution is 7.17. The van der Waals surface area contributed by atoms with Gasteiger partial charge in [-0.1, -0.05) is 18.2 Å². The number of nitrogens with one attached hydrogen (secondary N) is 1. The summed E-state index contributed by atoms with van der Waals surface area (Å²) in [5.41, 5.74) is 0.957. The number of rotatable bonds is 4. The molecule has 22 heavy (non-hydrogen) atoms. The second-order valence-corrected chi connectivity index (χ2v) is 7.60. The normalized spacial score (nSPS) is 22.5. The van der Waals surface area contributed by atoms with Crippen LogP contribution < -0.4 is 5.32 Å². The summed E-state index contributed by atoms with van der Waals surface area (Å²) in [7, 11) is 0. The zero-order chi connectivity index (χ0) is 15.7. The first kappa shape index (κ1) is 15.5. The van der Waals surface area contributed by atoms with Crippen molar-refractivity contribution in [1.82, 2.24) is 10.2 Å². The molecule has 1 saturated heterocycles. The smallest absolute Gasteiger partial charge is 0.240 e. The molecular weight excluding hydrogens is 292 g/mol. The van der Waals surface area contributed by atoms with Crippen molar-refractivity contribution in [2.75, 3.05) is 6.54 Å². The fourth-order valence-corrected chi connectivity index (χ4v) is 4.26. The third kappa shape index (κ3) is 2.77. The summed E-state index contributed by atoms with van der Waals surface area (Å²) in [5.74, 6) is 0.166. The van der Waals surface area contributed by atoms with Gasteiger partial charge in [-0.3, -0.25) is 9.69 Å². The predicted molar refractivity (Wildman–Crippen MR) is 93.2 cm³/mol. The maximum absolute atomic E-state index is 12.6. The Morgan fingerprint density at radius 2 is 2.18 bits per heavy atom. The van der Waals surface area contributed by atoms with Crippen LogP contribution in [0.15, 0.2) is 29.6 Å². The number of nitrogens with zero attached hydrogens (tertiary/aromatic N) is 1. The van der Waals surface area contributed by atoms with Crippen LogP contribution in [0.2, 0.25) is 0 Å². The van der Waals surface area contributed by atoms with Gasteiger partial charge in [0.2, 0.25) is 5.91 Å². The molecule has 1 amide bonds. The fourth-order valence-electron chi connectivity index (χ4n) is 3.31. The third-order valence-electron chi connectivity index (χ3n) is 4.62. The van der Waals surface area contributed by atoms with Crippen LogP contribution >= 0.6 is 11.3 Å². The summed E-state index contributed by atoms with van der Waals surface area (Å²) in [6, 6.07) is 8.71. The lowest BCUT2D eigenvalue weighted by Gasteiger charge is -2.34. The largest absolute Gasteiger partial charge is 0.352 e. The summed E-state index contributed by atoms with van der Waals surface area (Å²) >= 11 is 1.79. The number of fused-ring (bicyclic) bond motifs is 1. The quantitative estimate of drug-likeness (QED) is 0.931. The van der Waals surface area contributed by atoms with E-state index in [1.165, 1.54) is 15.6 Å². The number of benzene rings is 1. The number of thiophene rings is 1. The lowest BCUT2D eigenvalue weighted by molar-refractivity contribution is -0.131. The molecule has 1 atom stereocenters. The molecule has 4 heteroatoms. The Labute approximate surface area is 136 Å². The third-order valence-corrected chi connectivity index (χ3v) is 5.63. The molecule has 0 radical (unpaired) electrons. The van der Waals surface area contributed by atoms with Gasteiger partial charge < -0.3 is 5.32 Å². The molecule has 3 nitrogen and oxygen atoms in total. The first-order valence-corrected chi connectivity index (χ1v) is 8.90. The van der Waals surface area contributed by atoms with E-state index in [0.717, 1.165) is 25.9 Å². The summed E-state index contributed by atoms with van der Waals surface area (Å²) in [5, 5.41) is 6.66. The van der Waals surface area contributed by atoms with Gasteiger partial charge in [-0.15, -0.1) is 11.3 Å². The van der Waals surface area contributed by atoms with Crippen molar-refractivity contribution < 1.29 is 4.79 Å². The Kier molecular flexibility index (Phi) is 4.24. The molecule has 0 bridgehead atoms. The summed E-state index contributed by atoms with van der Waals surface area (Å²) < 4.78 is 1.32. The SMILES string of the molecule is CC(C)NC(=O)C1(C)CCCN1Cc1csc2ccccc12. The van der Waals surface area contributed by atoms with Crippen LogP contribution in [-0.2, 0) is 11.3 Å². The lowest BCUT2D eigenvalue weighted by atomic mass is 9.96. The Balaban J connectivity index is 1.83. The molecule has 1 aliphatic rings. The molecule has 1 aliphatic heterocycles. The van der Waals surface area contributed by atoms with E-state index in [1.54, 1.807) is 11.3 Å². The summed E-state index contributed by atoms with van der Waals surface area (Å²) in [6.07, 6.45) is 2.03. The monoisotopic (exact) mass is 316 g/mol. The van der Waals surface area contributed by atoms with Gasteiger partial charge >= 0.3 is 0 Å². The van der Waals surface area contributed by atoms with Crippen molar-refractivity contribution >= 4 is 27.3 Å². The Bertz CT molecular complexity index is 679. The summed E-state index contributed by atoms with van der Waals surface area (Å²) in [4.78, 5) is 15.0. The van der Waals surface area contributed by atoms with Gasteiger partial charge in [-0.25, -0.2) is 0 Å². The van der Waals surface area contributed by atoms with Crippen LogP contribution in [0.1, 0.15) is 39.2 Å². The Morgan fingerprint density at radius 3 is 2.95 bits per heavy atom. The van der Waals surface area contributed by atoms with E-state index in [9.17, 15) is 4.79 Å². The lowest BCUT2D eigenvalue weighted by Crippen LogP contribution is -2.54. The molecule has 0 aliphatic carbocycles. The molecule has 118 valence electrons. The van der Waals surface area contributed by atoms with Crippen LogP contribution in [0.5, 0.6) is 0 Å². The van der Waals surface area contributed by atoms with Crippen LogP contribution in [0, 0.1) is 0 Å². The first-order chi connectivity index (χ1) is 10.5. The van der Waals surface area contributed by atoms with E-state index in [-0.39, 0.29) is 17.5 Å². The molecular formula is C18H24N2OS. The molecule has 1 fully saturated rings. The van der Waals surface area contributed by atoms with Crippen molar-refractivity contribution in [3.05, 3.63) is 35.2 Å².